The molecule has 33 heavy (non-hydrogen) atoms. The zero-order valence-electron chi connectivity index (χ0n) is 18.1. The Bertz CT molecular complexity index is 1250. The van der Waals surface area contributed by atoms with Crippen LogP contribution >= 0.6 is 0 Å². The van der Waals surface area contributed by atoms with Gasteiger partial charge in [-0.2, -0.15) is 0 Å². The second-order valence-electron chi connectivity index (χ2n) is 7.89. The first-order valence-electron chi connectivity index (χ1n) is 10.4. The Balaban J connectivity index is 1.88. The van der Waals surface area contributed by atoms with Gasteiger partial charge in [-0.3, -0.25) is 20.2 Å². The van der Waals surface area contributed by atoms with Crippen molar-refractivity contribution < 1.29 is 19.2 Å². The first-order chi connectivity index (χ1) is 15.9. The number of Topliss-reactive ketones (excluding diaryl/α,β-unsaturated/α-hetero) is 1. The number of carbonyl (C=O) groups excluding carboxylic acids is 2. The van der Waals surface area contributed by atoms with Gasteiger partial charge in [0.2, 0.25) is 0 Å². The fourth-order valence-corrected chi connectivity index (χ4v) is 4.13. The average Bonchev–Trinajstić information content (AvgIpc) is 3.25. The molecule has 2 atom stereocenters. The topological polar surface area (TPSA) is 98.5 Å². The summed E-state index contributed by atoms with van der Waals surface area (Å²) in [5.41, 5.74) is 1.57. The minimum Gasteiger partial charge on any atom is -0.467 e. The maximum atomic E-state index is 13.6. The lowest BCUT2D eigenvalue weighted by atomic mass is 9.89. The maximum Gasteiger partial charge on any atom is 0.334 e. The molecule has 1 N–H and O–H groups in total. The van der Waals surface area contributed by atoms with E-state index in [0.717, 1.165) is 5.56 Å². The summed E-state index contributed by atoms with van der Waals surface area (Å²) >= 11 is 0. The number of nitrogens with zero attached hydrogens (tertiary/aromatic N) is 1. The number of hydrogen-bond acceptors (Lipinski definition) is 6. The summed E-state index contributed by atoms with van der Waals surface area (Å²) in [7, 11) is 1.30. The van der Waals surface area contributed by atoms with E-state index < -0.39 is 22.5 Å². The van der Waals surface area contributed by atoms with Crippen molar-refractivity contribution in [2.24, 2.45) is 0 Å². The van der Waals surface area contributed by atoms with Gasteiger partial charge in [0, 0.05) is 23.3 Å². The molecule has 166 valence electrons. The molecule has 0 saturated heterocycles. The molecular weight excluding hydrogens is 420 g/mol. The molecule has 0 radical (unpaired) electrons. The number of ether oxygens (including phenoxy) is 1. The van der Waals surface area contributed by atoms with Gasteiger partial charge in [0.25, 0.3) is 5.69 Å². The van der Waals surface area contributed by atoms with Crippen molar-refractivity contribution in [3.8, 4) is 0 Å². The highest BCUT2D eigenvalue weighted by Gasteiger charge is 2.48. The van der Waals surface area contributed by atoms with E-state index in [4.69, 9.17) is 4.74 Å². The molecule has 0 saturated carbocycles. The van der Waals surface area contributed by atoms with Crippen LogP contribution < -0.4 is 5.32 Å². The van der Waals surface area contributed by atoms with E-state index in [1.807, 2.05) is 19.1 Å². The van der Waals surface area contributed by atoms with Crippen LogP contribution in [0.15, 0.2) is 90.5 Å². The van der Waals surface area contributed by atoms with E-state index in [1.54, 1.807) is 60.7 Å². The number of benzene rings is 3. The highest BCUT2D eigenvalue weighted by Crippen LogP contribution is 2.41. The van der Waals surface area contributed by atoms with E-state index in [1.165, 1.54) is 19.2 Å². The van der Waals surface area contributed by atoms with Gasteiger partial charge in [-0.15, -0.1) is 0 Å². The molecule has 0 amide bonds. The number of nitro benzene ring substituents is 1. The van der Waals surface area contributed by atoms with Gasteiger partial charge in [-0.1, -0.05) is 66.2 Å². The fourth-order valence-electron chi connectivity index (χ4n) is 4.13. The summed E-state index contributed by atoms with van der Waals surface area (Å²) < 4.78 is 5.13. The average molecular weight is 442 g/mol. The van der Waals surface area contributed by atoms with Crippen LogP contribution in [0.4, 0.5) is 5.69 Å². The molecule has 3 aromatic rings. The third-order valence-electron chi connectivity index (χ3n) is 5.77. The Hall–Kier alpha value is -4.10. The van der Waals surface area contributed by atoms with Crippen molar-refractivity contribution in [3.63, 3.8) is 0 Å². The van der Waals surface area contributed by atoms with E-state index in [-0.39, 0.29) is 11.5 Å². The standard InChI is InChI=1S/C26H22N2O5/c1-17-7-6-8-19(15-17)24(29)22-16-26(25(30)33-2,20-9-4-3-5-10-20)27-23(22)18-11-13-21(14-12-18)28(31)32/h3-16,23,27H,1-2H3/t23-,26-/m0/s1. The summed E-state index contributed by atoms with van der Waals surface area (Å²) in [6.45, 7) is 1.90. The van der Waals surface area contributed by atoms with Gasteiger partial charge in [-0.05, 0) is 30.2 Å². The highest BCUT2D eigenvalue weighted by molar-refractivity contribution is 6.11. The number of carbonyl (C=O) groups is 2. The number of esters is 1. The number of methoxy groups -OCH3 is 1. The molecule has 1 aliphatic rings. The summed E-state index contributed by atoms with van der Waals surface area (Å²) in [6.07, 6.45) is 1.62. The second-order valence-corrected chi connectivity index (χ2v) is 7.89. The number of hydrogen-bond donors (Lipinski definition) is 1. The third-order valence-corrected chi connectivity index (χ3v) is 5.77. The fraction of sp³-hybridized carbons (Fsp3) is 0.154. The Kier molecular flexibility index (Phi) is 5.89. The van der Waals surface area contributed by atoms with Gasteiger partial charge in [-0.25, -0.2) is 4.79 Å². The van der Waals surface area contributed by atoms with Crippen LogP contribution in [0.25, 0.3) is 0 Å². The van der Waals surface area contributed by atoms with Gasteiger partial charge in [0.1, 0.15) is 0 Å². The lowest BCUT2D eigenvalue weighted by molar-refractivity contribution is -0.384. The van der Waals surface area contributed by atoms with Gasteiger partial charge in [0.15, 0.2) is 11.3 Å². The largest absolute Gasteiger partial charge is 0.467 e. The molecule has 1 aliphatic heterocycles. The lowest BCUT2D eigenvalue weighted by Crippen LogP contribution is -2.46. The summed E-state index contributed by atoms with van der Waals surface area (Å²) in [6, 6.07) is 21.5. The van der Waals surface area contributed by atoms with Crippen LogP contribution in [-0.4, -0.2) is 23.8 Å². The molecule has 0 aliphatic carbocycles. The smallest absolute Gasteiger partial charge is 0.334 e. The van der Waals surface area contributed by atoms with Crippen molar-refractivity contribution in [1.82, 2.24) is 5.32 Å². The monoisotopic (exact) mass is 442 g/mol. The number of nitrogens with one attached hydrogen (secondary N) is 1. The van der Waals surface area contributed by atoms with E-state index in [9.17, 15) is 19.7 Å². The van der Waals surface area contributed by atoms with Crippen LogP contribution in [0.3, 0.4) is 0 Å². The van der Waals surface area contributed by atoms with E-state index in [2.05, 4.69) is 5.32 Å². The quantitative estimate of drug-likeness (QED) is 0.263. The number of non-ortho nitro benzene ring substituents is 1. The molecule has 1 heterocycles. The predicted octanol–water partition coefficient (Wildman–Crippen LogP) is 4.43. The van der Waals surface area contributed by atoms with E-state index >= 15 is 0 Å². The van der Waals surface area contributed by atoms with Crippen molar-refractivity contribution in [2.75, 3.05) is 7.11 Å². The van der Waals surface area contributed by atoms with Gasteiger partial charge < -0.3 is 4.74 Å². The Morgan fingerprint density at radius 3 is 2.30 bits per heavy atom. The molecule has 0 bridgehead atoms. The van der Waals surface area contributed by atoms with Crippen molar-refractivity contribution in [3.05, 3.63) is 123 Å². The van der Waals surface area contributed by atoms with Gasteiger partial charge in [0.05, 0.1) is 18.1 Å². The number of nitro groups is 1. The van der Waals surface area contributed by atoms with Crippen LogP contribution in [0.2, 0.25) is 0 Å². The molecular formula is C26H22N2O5. The Morgan fingerprint density at radius 1 is 1.00 bits per heavy atom. The Labute approximate surface area is 190 Å². The first-order valence-corrected chi connectivity index (χ1v) is 10.4. The first kappa shape index (κ1) is 22.1. The summed E-state index contributed by atoms with van der Waals surface area (Å²) in [5.74, 6) is -0.802. The molecule has 7 heteroatoms. The number of ketones is 1. The lowest BCUT2D eigenvalue weighted by Gasteiger charge is -2.28. The van der Waals surface area contributed by atoms with Crippen molar-refractivity contribution in [2.45, 2.75) is 18.5 Å². The normalized spacial score (nSPS) is 19.6. The van der Waals surface area contributed by atoms with E-state index in [0.29, 0.717) is 22.3 Å². The molecule has 7 nitrogen and oxygen atoms in total. The molecule has 4 rings (SSSR count). The minimum absolute atomic E-state index is 0.0606. The zero-order chi connectivity index (χ0) is 23.6. The SMILES string of the molecule is COC(=O)[C@@]1(c2ccccc2)C=C(C(=O)c2cccc(C)c2)[C@H](c2ccc([N+](=O)[O-])cc2)N1. The summed E-state index contributed by atoms with van der Waals surface area (Å²) in [4.78, 5) is 37.3. The van der Waals surface area contributed by atoms with Crippen LogP contribution in [0.5, 0.6) is 0 Å². The van der Waals surface area contributed by atoms with Crippen LogP contribution in [0, 0.1) is 17.0 Å². The van der Waals surface area contributed by atoms with Gasteiger partial charge >= 0.3 is 5.97 Å². The third kappa shape index (κ3) is 4.06. The minimum atomic E-state index is -1.39. The predicted molar refractivity (Wildman–Crippen MR) is 123 cm³/mol. The molecule has 3 aromatic carbocycles. The molecule has 0 aromatic heterocycles. The highest BCUT2D eigenvalue weighted by atomic mass is 16.6. The number of aryl methyl sites for hydroxylation is 1. The molecule has 0 spiro atoms. The number of rotatable bonds is 6. The van der Waals surface area contributed by atoms with Crippen LogP contribution in [0.1, 0.15) is 33.1 Å². The molecule has 0 fully saturated rings. The van der Waals surface area contributed by atoms with Crippen LogP contribution in [-0.2, 0) is 15.1 Å². The van der Waals surface area contributed by atoms with Crippen molar-refractivity contribution in [1.29, 1.82) is 0 Å². The second kappa shape index (κ2) is 8.80. The Morgan fingerprint density at radius 2 is 1.70 bits per heavy atom. The summed E-state index contributed by atoms with van der Waals surface area (Å²) in [5, 5.41) is 14.4. The maximum absolute atomic E-state index is 13.6. The molecule has 0 unspecified atom stereocenters. The zero-order valence-corrected chi connectivity index (χ0v) is 18.1. The van der Waals surface area contributed by atoms with Crippen molar-refractivity contribution >= 4 is 17.4 Å².